The molecule has 1 fully saturated rings. The van der Waals surface area contributed by atoms with Crippen LogP contribution in [0.1, 0.15) is 19.3 Å². The minimum absolute atomic E-state index is 0.171. The molecule has 5 heteroatoms. The van der Waals surface area contributed by atoms with Gasteiger partial charge in [-0.15, -0.1) is 0 Å². The van der Waals surface area contributed by atoms with Crippen molar-refractivity contribution in [2.75, 3.05) is 11.9 Å². The Morgan fingerprint density at radius 3 is 2.94 bits per heavy atom. The van der Waals surface area contributed by atoms with E-state index < -0.39 is 5.82 Å². The average molecular weight is 301 g/mol. The minimum Gasteiger partial charge on any atom is -0.321 e. The zero-order valence-electron chi connectivity index (χ0n) is 9.30. The Morgan fingerprint density at radius 1 is 1.47 bits per heavy atom. The number of carbonyl (C=O) groups excluding carboxylic acids is 1. The summed E-state index contributed by atoms with van der Waals surface area (Å²) in [5.41, 5.74) is 0.213. The van der Waals surface area contributed by atoms with Crippen LogP contribution in [0.4, 0.5) is 10.1 Å². The number of para-hydroxylation sites is 1. The minimum atomic E-state index is -0.427. The van der Waals surface area contributed by atoms with Crippen molar-refractivity contribution in [1.29, 1.82) is 0 Å². The summed E-state index contributed by atoms with van der Waals surface area (Å²) < 4.78 is 14.1. The lowest BCUT2D eigenvalue weighted by atomic mass is 10.0. The Bertz CT molecular complexity index is 399. The fourth-order valence-corrected chi connectivity index (χ4v) is 2.34. The average Bonchev–Trinajstić information content (AvgIpc) is 2.35. The number of piperidine rings is 1. The maximum atomic E-state index is 13.5. The molecular weight excluding hydrogens is 287 g/mol. The molecule has 0 radical (unpaired) electrons. The zero-order chi connectivity index (χ0) is 12.3. The first-order chi connectivity index (χ1) is 8.18. The topological polar surface area (TPSA) is 41.1 Å². The van der Waals surface area contributed by atoms with Gasteiger partial charge < -0.3 is 10.6 Å². The van der Waals surface area contributed by atoms with Crippen LogP contribution in [0.2, 0.25) is 0 Å². The highest BCUT2D eigenvalue weighted by Gasteiger charge is 2.21. The Morgan fingerprint density at radius 2 is 2.29 bits per heavy atom. The van der Waals surface area contributed by atoms with Crippen molar-refractivity contribution in [3.05, 3.63) is 28.5 Å². The second kappa shape index (κ2) is 5.60. The summed E-state index contributed by atoms with van der Waals surface area (Å²) in [6.07, 6.45) is 2.93. The van der Waals surface area contributed by atoms with E-state index in [1.54, 1.807) is 12.1 Å². The fraction of sp³-hybridized carbons (Fsp3) is 0.417. The van der Waals surface area contributed by atoms with Crippen LogP contribution in [-0.4, -0.2) is 18.5 Å². The van der Waals surface area contributed by atoms with Gasteiger partial charge in [0.15, 0.2) is 0 Å². The lowest BCUT2D eigenvalue weighted by molar-refractivity contribution is -0.118. The van der Waals surface area contributed by atoms with Crippen LogP contribution in [0.15, 0.2) is 22.7 Å². The first kappa shape index (κ1) is 12.5. The number of hydrogen-bond donors (Lipinski definition) is 2. The third kappa shape index (κ3) is 3.04. The predicted molar refractivity (Wildman–Crippen MR) is 68.4 cm³/mol. The van der Waals surface area contributed by atoms with E-state index in [1.165, 1.54) is 6.07 Å². The van der Waals surface area contributed by atoms with Gasteiger partial charge in [-0.1, -0.05) is 12.5 Å². The van der Waals surface area contributed by atoms with Gasteiger partial charge in [0.1, 0.15) is 5.82 Å². The second-order valence-corrected chi connectivity index (χ2v) is 4.94. The molecule has 3 nitrogen and oxygen atoms in total. The molecule has 0 aromatic heterocycles. The molecule has 1 aromatic carbocycles. The third-order valence-corrected chi connectivity index (χ3v) is 3.50. The highest BCUT2D eigenvalue weighted by Crippen LogP contribution is 2.25. The van der Waals surface area contributed by atoms with Crippen LogP contribution < -0.4 is 10.6 Å². The van der Waals surface area contributed by atoms with Crippen molar-refractivity contribution in [2.24, 2.45) is 0 Å². The van der Waals surface area contributed by atoms with Gasteiger partial charge in [0.05, 0.1) is 11.7 Å². The molecule has 0 saturated carbocycles. The molecule has 2 rings (SSSR count). The summed E-state index contributed by atoms with van der Waals surface area (Å²) in [6.45, 7) is 0.844. The molecule has 1 heterocycles. The molecule has 1 aliphatic rings. The second-order valence-electron chi connectivity index (χ2n) is 4.09. The predicted octanol–water partition coefficient (Wildman–Crippen LogP) is 2.67. The summed E-state index contributed by atoms with van der Waals surface area (Å²) >= 11 is 3.22. The van der Waals surface area contributed by atoms with Gasteiger partial charge in [-0.2, -0.15) is 0 Å². The van der Waals surface area contributed by atoms with Gasteiger partial charge in [-0.25, -0.2) is 4.39 Å². The maximum absolute atomic E-state index is 13.5. The van der Waals surface area contributed by atoms with Crippen LogP contribution in [0.25, 0.3) is 0 Å². The maximum Gasteiger partial charge on any atom is 0.241 e. The van der Waals surface area contributed by atoms with Crippen molar-refractivity contribution in [3.63, 3.8) is 0 Å². The Hall–Kier alpha value is -0.940. The lowest BCUT2D eigenvalue weighted by Crippen LogP contribution is -2.43. The van der Waals surface area contributed by atoms with Gasteiger partial charge in [0.25, 0.3) is 0 Å². The van der Waals surface area contributed by atoms with Gasteiger partial charge in [-0.3, -0.25) is 4.79 Å². The van der Waals surface area contributed by atoms with Crippen molar-refractivity contribution >= 4 is 27.5 Å². The quantitative estimate of drug-likeness (QED) is 0.882. The van der Waals surface area contributed by atoms with Crippen LogP contribution in [0.5, 0.6) is 0 Å². The van der Waals surface area contributed by atoms with E-state index in [0.717, 1.165) is 25.8 Å². The summed E-state index contributed by atoms with van der Waals surface area (Å²) in [7, 11) is 0. The van der Waals surface area contributed by atoms with E-state index >= 15 is 0 Å². The van der Waals surface area contributed by atoms with Crippen LogP contribution in [0, 0.1) is 5.82 Å². The normalized spacial score (nSPS) is 20.0. The summed E-state index contributed by atoms with van der Waals surface area (Å²) in [6, 6.07) is 4.41. The van der Waals surface area contributed by atoms with E-state index in [0.29, 0.717) is 4.47 Å². The first-order valence-electron chi connectivity index (χ1n) is 5.67. The molecule has 0 aliphatic carbocycles. The number of anilines is 1. The SMILES string of the molecule is O=C(Nc1c(F)cccc1Br)[C@H]1CCCCN1. The molecule has 1 aromatic rings. The van der Waals surface area contributed by atoms with E-state index in [4.69, 9.17) is 0 Å². The molecule has 0 spiro atoms. The van der Waals surface area contributed by atoms with Gasteiger partial charge in [0, 0.05) is 4.47 Å². The summed E-state index contributed by atoms with van der Waals surface area (Å²) in [5, 5.41) is 5.75. The number of halogens is 2. The molecule has 1 saturated heterocycles. The van der Waals surface area contributed by atoms with Crippen molar-refractivity contribution in [1.82, 2.24) is 5.32 Å². The van der Waals surface area contributed by atoms with Crippen molar-refractivity contribution in [3.8, 4) is 0 Å². The van der Waals surface area contributed by atoms with E-state index in [1.807, 2.05) is 0 Å². The van der Waals surface area contributed by atoms with E-state index in [-0.39, 0.29) is 17.6 Å². The van der Waals surface area contributed by atoms with Gasteiger partial charge >= 0.3 is 0 Å². The molecule has 1 atom stereocenters. The molecule has 1 amide bonds. The number of benzene rings is 1. The Balaban J connectivity index is 2.07. The smallest absolute Gasteiger partial charge is 0.241 e. The van der Waals surface area contributed by atoms with Crippen molar-refractivity contribution < 1.29 is 9.18 Å². The fourth-order valence-electron chi connectivity index (χ4n) is 1.90. The van der Waals surface area contributed by atoms with Gasteiger partial charge in [0.2, 0.25) is 5.91 Å². The molecule has 2 N–H and O–H groups in total. The Kier molecular flexibility index (Phi) is 4.12. The Labute approximate surface area is 108 Å². The number of nitrogens with one attached hydrogen (secondary N) is 2. The van der Waals surface area contributed by atoms with Crippen molar-refractivity contribution in [2.45, 2.75) is 25.3 Å². The third-order valence-electron chi connectivity index (χ3n) is 2.84. The van der Waals surface area contributed by atoms with Crippen LogP contribution in [-0.2, 0) is 4.79 Å². The number of amides is 1. The molecule has 1 aliphatic heterocycles. The first-order valence-corrected chi connectivity index (χ1v) is 6.46. The molecule has 92 valence electrons. The largest absolute Gasteiger partial charge is 0.321 e. The highest BCUT2D eigenvalue weighted by molar-refractivity contribution is 9.10. The lowest BCUT2D eigenvalue weighted by Gasteiger charge is -2.22. The molecular formula is C12H14BrFN2O. The van der Waals surface area contributed by atoms with Gasteiger partial charge in [-0.05, 0) is 47.4 Å². The number of carbonyl (C=O) groups is 1. The zero-order valence-corrected chi connectivity index (χ0v) is 10.9. The number of rotatable bonds is 2. The molecule has 0 bridgehead atoms. The van der Waals surface area contributed by atoms with E-state index in [9.17, 15) is 9.18 Å². The summed E-state index contributed by atoms with van der Waals surface area (Å²) in [5.74, 6) is -0.598. The molecule has 0 unspecified atom stereocenters. The van der Waals surface area contributed by atoms with E-state index in [2.05, 4.69) is 26.6 Å². The highest BCUT2D eigenvalue weighted by atomic mass is 79.9. The monoisotopic (exact) mass is 300 g/mol. The molecule has 17 heavy (non-hydrogen) atoms. The van der Waals surface area contributed by atoms with Crippen LogP contribution >= 0.6 is 15.9 Å². The number of hydrogen-bond acceptors (Lipinski definition) is 2. The van der Waals surface area contributed by atoms with Crippen LogP contribution in [0.3, 0.4) is 0 Å². The standard InChI is InChI=1S/C12H14BrFN2O/c13-8-4-3-5-9(14)11(8)16-12(17)10-6-1-2-7-15-10/h3-5,10,15H,1-2,6-7H2,(H,16,17)/t10-/m1/s1. The summed E-state index contributed by atoms with van der Waals surface area (Å²) in [4.78, 5) is 11.9.